The van der Waals surface area contributed by atoms with Gasteiger partial charge in [-0.3, -0.25) is 38.9 Å². The summed E-state index contributed by atoms with van der Waals surface area (Å²) in [5.41, 5.74) is 1.10. The molecule has 0 aliphatic carbocycles. The molecule has 6 aliphatic rings. The molecule has 0 spiro atoms. The predicted molar refractivity (Wildman–Crippen MR) is 370 cm³/mol. The standard InChI is InChI=1S/C20H22ClN5O3.C19H18ClN5O5.C18H11ClN4O4.C9H17NO2.CO2.CH4.ClH/c1-2-3-13-6-10-25(11-7-13)20(28)29-19-17-16(22-8-9-23-17)18(27)26(19)15-5-4-14(21)12-24-15;20-13-1-2-14(23-9-13)25-17(27)15-16(22-6-5-21-15)18(25)30-19(28)24-7-3-12(4-8-24)10-29-11-26;19-11-6-7-13(22-10-11)23-16(24)14-15(21-9-8-20-14)17(23)27-18(25)26-12-4-2-1-3-5-12;1-2-12-9(11)7-8-3-5-10-6-4-8;2-1-3;;/h4-5,8-9,12-13,19H,2-3,6-7,10-11H2,1H3;1-2,5-6,9,11-12,18H,3-4,7-8,10H2;1-10,17H;8,10H,2-7H2,1H3;;1H4;1H. The van der Waals surface area contributed by atoms with Gasteiger partial charge in [0.05, 0.1) is 28.3 Å². The topological polar surface area (TPSA) is 370 Å². The summed E-state index contributed by atoms with van der Waals surface area (Å²) in [5.74, 6) is 1.12. The average molecular weight is 1500 g/mol. The largest absolute Gasteiger partial charge is 0.516 e. The van der Waals surface area contributed by atoms with E-state index in [-0.39, 0.29) is 78.0 Å². The molecule has 6 aromatic heterocycles. The number of aromatic nitrogens is 9. The van der Waals surface area contributed by atoms with Crippen LogP contribution in [-0.2, 0) is 42.9 Å². The Hall–Kier alpha value is -10.4. The molecule has 35 heteroatoms. The molecule has 3 fully saturated rings. The fourth-order valence-electron chi connectivity index (χ4n) is 11.5. The third-order valence-corrected chi connectivity index (χ3v) is 17.0. The Morgan fingerprint density at radius 3 is 1.32 bits per heavy atom. The fraction of sp³-hybridized carbons (Fsp3) is 0.382. The third kappa shape index (κ3) is 21.1. The second-order valence-corrected chi connectivity index (χ2v) is 24.2. The summed E-state index contributed by atoms with van der Waals surface area (Å²) in [6.45, 7) is 9.59. The highest BCUT2D eigenvalue weighted by atomic mass is 35.5. The second-order valence-electron chi connectivity index (χ2n) is 22.9. The van der Waals surface area contributed by atoms with Gasteiger partial charge in [0.25, 0.3) is 24.2 Å². The van der Waals surface area contributed by atoms with Crippen LogP contribution in [0.25, 0.3) is 0 Å². The van der Waals surface area contributed by atoms with Crippen LogP contribution in [0.2, 0.25) is 15.1 Å². The number of likely N-dealkylation sites (tertiary alicyclic amines) is 2. The van der Waals surface area contributed by atoms with Crippen LogP contribution >= 0.6 is 47.2 Å². The molecule has 0 radical (unpaired) electrons. The first kappa shape index (κ1) is 79.9. The summed E-state index contributed by atoms with van der Waals surface area (Å²) >= 11 is 17.7. The molecule has 0 bridgehead atoms. The number of fused-ring (bicyclic) bond motifs is 3. The number of ether oxygens (including phenoxy) is 6. The van der Waals surface area contributed by atoms with Gasteiger partial charge in [0, 0.05) is 88.4 Å². The Kier molecular flexibility index (Phi) is 30.8. The lowest BCUT2D eigenvalue weighted by Crippen LogP contribution is -2.42. The van der Waals surface area contributed by atoms with E-state index in [2.05, 4.69) is 57.1 Å². The fourth-order valence-corrected chi connectivity index (χ4v) is 11.8. The molecular weight excluding hydrogens is 1420 g/mol. The number of halogens is 4. The molecule has 1 aromatic carbocycles. The summed E-state index contributed by atoms with van der Waals surface area (Å²) in [6, 6.07) is 17.9. The van der Waals surface area contributed by atoms with E-state index in [1.807, 2.05) is 6.92 Å². The molecular formula is C68H73Cl4N15O16. The predicted octanol–water partition coefficient (Wildman–Crippen LogP) is 10.9. The quantitative estimate of drug-likeness (QED) is 0.0431. The van der Waals surface area contributed by atoms with Crippen molar-refractivity contribution in [1.29, 1.82) is 0 Å². The van der Waals surface area contributed by atoms with Gasteiger partial charge < -0.3 is 43.5 Å². The van der Waals surface area contributed by atoms with Gasteiger partial charge in [0.2, 0.25) is 18.7 Å². The molecule has 544 valence electrons. The van der Waals surface area contributed by atoms with Crippen molar-refractivity contribution in [3.8, 4) is 5.75 Å². The first-order valence-corrected chi connectivity index (χ1v) is 33.2. The number of benzene rings is 1. The van der Waals surface area contributed by atoms with E-state index in [4.69, 9.17) is 72.8 Å². The van der Waals surface area contributed by atoms with Crippen LogP contribution in [-0.4, -0.2) is 162 Å². The van der Waals surface area contributed by atoms with Gasteiger partial charge in [-0.1, -0.05) is 80.2 Å². The second kappa shape index (κ2) is 39.7. The molecule has 6 aliphatic heterocycles. The van der Waals surface area contributed by atoms with E-state index < -0.39 is 54.7 Å². The number of nitrogens with zero attached hydrogens (tertiary/aromatic N) is 14. The first-order chi connectivity index (χ1) is 49.0. The van der Waals surface area contributed by atoms with Crippen LogP contribution in [0.5, 0.6) is 5.75 Å². The van der Waals surface area contributed by atoms with Gasteiger partial charge in [-0.15, -0.1) is 12.4 Å². The number of rotatable bonds is 15. The summed E-state index contributed by atoms with van der Waals surface area (Å²) < 4.78 is 31.7. The number of piperidine rings is 3. The van der Waals surface area contributed by atoms with E-state index in [1.165, 1.54) is 83.0 Å². The van der Waals surface area contributed by atoms with Gasteiger partial charge in [-0.25, -0.2) is 59.0 Å². The van der Waals surface area contributed by atoms with E-state index in [0.717, 1.165) is 45.2 Å². The van der Waals surface area contributed by atoms with Crippen molar-refractivity contribution in [2.45, 2.75) is 97.7 Å². The molecule has 13 rings (SSSR count). The number of esters is 1. The van der Waals surface area contributed by atoms with E-state index in [0.29, 0.717) is 109 Å². The zero-order valence-electron chi connectivity index (χ0n) is 54.9. The van der Waals surface area contributed by atoms with Crippen molar-refractivity contribution < 1.29 is 76.4 Å². The minimum absolute atomic E-state index is 0. The zero-order valence-corrected chi connectivity index (χ0v) is 58.0. The number of carbonyl (C=O) groups excluding carboxylic acids is 10. The Morgan fingerprint density at radius 2 is 0.942 bits per heavy atom. The van der Waals surface area contributed by atoms with Crippen LogP contribution in [0, 0.1) is 17.8 Å². The molecule has 3 atom stereocenters. The molecule has 3 saturated heterocycles. The Bertz CT molecular complexity index is 4020. The number of nitrogens with one attached hydrogen (secondary N) is 1. The van der Waals surface area contributed by atoms with E-state index in [1.54, 1.807) is 70.5 Å². The van der Waals surface area contributed by atoms with Crippen LogP contribution in [0.3, 0.4) is 0 Å². The molecule has 12 heterocycles. The van der Waals surface area contributed by atoms with Gasteiger partial charge >= 0.3 is 30.5 Å². The summed E-state index contributed by atoms with van der Waals surface area (Å²) in [5, 5.41) is 4.52. The van der Waals surface area contributed by atoms with Gasteiger partial charge in [-0.05, 0) is 125 Å². The Labute approximate surface area is 612 Å². The van der Waals surface area contributed by atoms with Crippen LogP contribution < -0.4 is 24.8 Å². The summed E-state index contributed by atoms with van der Waals surface area (Å²) in [6.07, 6.45) is 16.2. The maximum Gasteiger partial charge on any atom is 0.516 e. The lowest BCUT2D eigenvalue weighted by atomic mass is 9.93. The number of hydrogen-bond acceptors (Lipinski definition) is 26. The lowest BCUT2D eigenvalue weighted by molar-refractivity contribution is -0.191. The summed E-state index contributed by atoms with van der Waals surface area (Å²) in [4.78, 5) is 158. The highest BCUT2D eigenvalue weighted by molar-refractivity contribution is 6.31. The number of hydrogen-bond donors (Lipinski definition) is 1. The normalized spacial score (nSPS) is 17.3. The van der Waals surface area contributed by atoms with Crippen molar-refractivity contribution in [3.05, 3.63) is 172 Å². The number of para-hydroxylation sites is 1. The van der Waals surface area contributed by atoms with Crippen molar-refractivity contribution >= 4 is 119 Å². The maximum atomic E-state index is 12.9. The van der Waals surface area contributed by atoms with E-state index in [9.17, 15) is 38.4 Å². The van der Waals surface area contributed by atoms with Gasteiger partial charge in [0.15, 0.2) is 17.1 Å². The Morgan fingerprint density at radius 1 is 0.544 bits per heavy atom. The monoisotopic (exact) mass is 1500 g/mol. The van der Waals surface area contributed by atoms with Crippen molar-refractivity contribution in [2.75, 3.05) is 67.2 Å². The highest BCUT2D eigenvalue weighted by Gasteiger charge is 2.47. The molecule has 103 heavy (non-hydrogen) atoms. The number of anilines is 3. The smallest absolute Gasteiger partial charge is 0.468 e. The molecule has 0 saturated carbocycles. The van der Waals surface area contributed by atoms with Crippen molar-refractivity contribution in [2.24, 2.45) is 17.8 Å². The molecule has 1 N–H and O–H groups in total. The molecule has 5 amide bonds. The van der Waals surface area contributed by atoms with Crippen LogP contribution in [0.1, 0.15) is 146 Å². The molecule has 7 aromatic rings. The van der Waals surface area contributed by atoms with Crippen molar-refractivity contribution in [1.82, 2.24) is 60.0 Å². The molecule has 31 nitrogen and oxygen atoms in total. The van der Waals surface area contributed by atoms with E-state index >= 15 is 0 Å². The first-order valence-electron chi connectivity index (χ1n) is 32.1. The van der Waals surface area contributed by atoms with Crippen LogP contribution in [0.4, 0.5) is 31.8 Å². The third-order valence-electron chi connectivity index (χ3n) is 16.4. The highest BCUT2D eigenvalue weighted by Crippen LogP contribution is 2.40. The van der Waals surface area contributed by atoms with Gasteiger partial charge in [0.1, 0.15) is 40.3 Å². The number of carbonyl (C=O) groups is 8. The number of pyridine rings is 3. The number of amides is 5. The minimum atomic E-state index is -1.16. The summed E-state index contributed by atoms with van der Waals surface area (Å²) in [7, 11) is 0. The average Bonchev–Trinajstić information content (AvgIpc) is 1.63. The SMILES string of the molecule is C.CCCC1CCN(C(=O)OC2c3nccnc3C(=O)N2c2ccc(Cl)cn2)CC1.CCOC(=O)CC1CCNCC1.Cl.O=C(Oc1ccccc1)OC1c2nccnc2C(=O)N1c1ccc(Cl)cn1.O=C=O.O=COCC1CCN(C(=O)OC2c3nccnc3C(=O)N2c2ccc(Cl)cn2)CC1. The lowest BCUT2D eigenvalue weighted by Gasteiger charge is -2.33. The van der Waals surface area contributed by atoms with Crippen LogP contribution in [0.15, 0.2) is 123 Å². The maximum absolute atomic E-state index is 12.9. The molecule has 3 unspecified atom stereocenters. The zero-order chi connectivity index (χ0) is 71.8. The minimum Gasteiger partial charge on any atom is -0.468 e. The Balaban J connectivity index is 0.000000195. The van der Waals surface area contributed by atoms with Gasteiger partial charge in [-0.2, -0.15) is 9.59 Å². The van der Waals surface area contributed by atoms with Crippen molar-refractivity contribution in [3.63, 3.8) is 0 Å².